The van der Waals surface area contributed by atoms with Gasteiger partial charge in [-0.05, 0) is 41.8 Å². The summed E-state index contributed by atoms with van der Waals surface area (Å²) >= 11 is 0. The summed E-state index contributed by atoms with van der Waals surface area (Å²) in [7, 11) is 3.92. The van der Waals surface area contributed by atoms with Gasteiger partial charge >= 0.3 is 11.9 Å². The van der Waals surface area contributed by atoms with E-state index in [0.29, 0.717) is 38.4 Å². The number of rotatable bonds is 10. The van der Waals surface area contributed by atoms with Gasteiger partial charge in [0.15, 0.2) is 0 Å². The minimum absolute atomic E-state index is 0.298. The van der Waals surface area contributed by atoms with Gasteiger partial charge in [0.2, 0.25) is 0 Å². The second kappa shape index (κ2) is 11.2. The molecule has 0 saturated heterocycles. The minimum atomic E-state index is -0.534. The third-order valence-electron chi connectivity index (χ3n) is 3.50. The Balaban J connectivity index is 3.85. The highest BCUT2D eigenvalue weighted by molar-refractivity contribution is 5.91. The van der Waals surface area contributed by atoms with E-state index in [1.807, 2.05) is 14.1 Å². The summed E-state index contributed by atoms with van der Waals surface area (Å²) in [4.78, 5) is 27.0. The molecule has 0 amide bonds. The maximum atomic E-state index is 11.4. The van der Waals surface area contributed by atoms with Crippen LogP contribution in [-0.2, 0) is 19.1 Å². The number of esters is 2. The van der Waals surface area contributed by atoms with Crippen molar-refractivity contribution in [3.63, 3.8) is 0 Å². The van der Waals surface area contributed by atoms with E-state index < -0.39 is 11.9 Å². The second-order valence-electron chi connectivity index (χ2n) is 5.82. The van der Waals surface area contributed by atoms with Crippen LogP contribution in [0.2, 0.25) is 0 Å². The monoisotopic (exact) mass is 314 g/mol. The fraction of sp³-hybridized carbons (Fsp3) is 0.750. The van der Waals surface area contributed by atoms with Gasteiger partial charge in [-0.1, -0.05) is 0 Å². The minimum Gasteiger partial charge on any atom is -0.461 e. The molecule has 0 heterocycles. The maximum Gasteiger partial charge on any atom is 0.331 e. The molecule has 6 nitrogen and oxygen atoms in total. The van der Waals surface area contributed by atoms with Gasteiger partial charge in [-0.3, -0.25) is 0 Å². The van der Waals surface area contributed by atoms with Crippen molar-refractivity contribution in [2.75, 3.05) is 40.4 Å². The van der Waals surface area contributed by atoms with Crippen LogP contribution in [0, 0.1) is 0 Å². The van der Waals surface area contributed by atoms with Gasteiger partial charge in [-0.25, -0.2) is 9.59 Å². The Morgan fingerprint density at radius 2 is 1.14 bits per heavy atom. The lowest BCUT2D eigenvalue weighted by Gasteiger charge is -2.20. The molecule has 22 heavy (non-hydrogen) atoms. The SMILES string of the molecule is CC(C)N(C)CCOC(=O)/C=C\C(=O)OCCN(C)C(C)C. The average molecular weight is 314 g/mol. The molecule has 0 spiro atoms. The number of nitrogens with zero attached hydrogens (tertiary/aromatic N) is 2. The Labute approximate surface area is 134 Å². The molecule has 0 aliphatic carbocycles. The van der Waals surface area contributed by atoms with Crippen molar-refractivity contribution in [3.05, 3.63) is 12.2 Å². The normalized spacial score (nSPS) is 11.9. The summed E-state index contributed by atoms with van der Waals surface area (Å²) in [5.74, 6) is -1.07. The number of likely N-dealkylation sites (N-methyl/N-ethyl adjacent to an activating group) is 2. The summed E-state index contributed by atoms with van der Waals surface area (Å²) in [6, 6.07) is 0.793. The predicted octanol–water partition coefficient (Wildman–Crippen LogP) is 1.31. The smallest absolute Gasteiger partial charge is 0.331 e. The standard InChI is InChI=1S/C16H30N2O4/c1-13(2)17(5)9-11-21-15(19)7-8-16(20)22-12-10-18(6)14(3)4/h7-8,13-14H,9-12H2,1-6H3/b8-7-. The highest BCUT2D eigenvalue weighted by atomic mass is 16.5. The molecule has 0 fully saturated rings. The van der Waals surface area contributed by atoms with Gasteiger partial charge < -0.3 is 19.3 Å². The second-order valence-corrected chi connectivity index (χ2v) is 5.82. The predicted molar refractivity (Wildman–Crippen MR) is 86.6 cm³/mol. The molecule has 0 aromatic carbocycles. The molecule has 0 rings (SSSR count). The maximum absolute atomic E-state index is 11.4. The van der Waals surface area contributed by atoms with Crippen molar-refractivity contribution in [3.8, 4) is 0 Å². The van der Waals surface area contributed by atoms with Gasteiger partial charge in [0, 0.05) is 37.3 Å². The fourth-order valence-electron chi connectivity index (χ4n) is 1.33. The van der Waals surface area contributed by atoms with Gasteiger partial charge in [0.05, 0.1) is 0 Å². The molecular weight excluding hydrogens is 284 g/mol. The van der Waals surface area contributed by atoms with E-state index in [1.54, 1.807) is 0 Å². The first-order chi connectivity index (χ1) is 10.2. The first-order valence-corrected chi connectivity index (χ1v) is 7.66. The number of ether oxygens (including phenoxy) is 2. The summed E-state index contributed by atoms with van der Waals surface area (Å²) < 4.78 is 10.0. The fourth-order valence-corrected chi connectivity index (χ4v) is 1.33. The first-order valence-electron chi connectivity index (χ1n) is 7.66. The lowest BCUT2D eigenvalue weighted by Crippen LogP contribution is -2.30. The van der Waals surface area contributed by atoms with Gasteiger partial charge in [0.1, 0.15) is 13.2 Å². The molecule has 0 unspecified atom stereocenters. The van der Waals surface area contributed by atoms with Crippen molar-refractivity contribution in [2.24, 2.45) is 0 Å². The summed E-state index contributed by atoms with van der Waals surface area (Å²) in [6.07, 6.45) is 2.20. The Bertz CT molecular complexity index is 333. The molecular formula is C16H30N2O4. The molecule has 0 bridgehead atoms. The van der Waals surface area contributed by atoms with Crippen LogP contribution in [0.4, 0.5) is 0 Å². The van der Waals surface area contributed by atoms with Crippen LogP contribution in [0.25, 0.3) is 0 Å². The number of hydrogen-bond acceptors (Lipinski definition) is 6. The molecule has 128 valence electrons. The van der Waals surface area contributed by atoms with E-state index in [0.717, 1.165) is 12.2 Å². The average Bonchev–Trinajstić information content (AvgIpc) is 2.44. The highest BCUT2D eigenvalue weighted by Crippen LogP contribution is 1.95. The third-order valence-corrected chi connectivity index (χ3v) is 3.50. The van der Waals surface area contributed by atoms with E-state index in [4.69, 9.17) is 9.47 Å². The van der Waals surface area contributed by atoms with Crippen LogP contribution in [0.15, 0.2) is 12.2 Å². The molecule has 0 atom stereocenters. The van der Waals surface area contributed by atoms with Crippen LogP contribution in [0.5, 0.6) is 0 Å². The van der Waals surface area contributed by atoms with Crippen LogP contribution in [0.3, 0.4) is 0 Å². The largest absolute Gasteiger partial charge is 0.461 e. The molecule has 0 radical (unpaired) electrons. The van der Waals surface area contributed by atoms with Crippen molar-refractivity contribution in [1.82, 2.24) is 9.80 Å². The number of carbonyl (C=O) groups is 2. The molecule has 0 aliphatic rings. The van der Waals surface area contributed by atoms with E-state index in [9.17, 15) is 9.59 Å². The van der Waals surface area contributed by atoms with Gasteiger partial charge in [-0.15, -0.1) is 0 Å². The van der Waals surface area contributed by atoms with Gasteiger partial charge in [0.25, 0.3) is 0 Å². The van der Waals surface area contributed by atoms with E-state index in [1.165, 1.54) is 0 Å². The molecule has 0 N–H and O–H groups in total. The number of hydrogen-bond donors (Lipinski definition) is 0. The van der Waals surface area contributed by atoms with Crippen molar-refractivity contribution >= 4 is 11.9 Å². The number of carbonyl (C=O) groups excluding carboxylic acids is 2. The quantitative estimate of drug-likeness (QED) is 0.448. The molecule has 0 aromatic heterocycles. The lowest BCUT2D eigenvalue weighted by atomic mass is 10.3. The molecule has 0 aromatic rings. The zero-order valence-electron chi connectivity index (χ0n) is 14.7. The molecule has 0 saturated carbocycles. The van der Waals surface area contributed by atoms with E-state index in [2.05, 4.69) is 37.5 Å². The van der Waals surface area contributed by atoms with Gasteiger partial charge in [-0.2, -0.15) is 0 Å². The lowest BCUT2D eigenvalue weighted by molar-refractivity contribution is -0.141. The zero-order chi connectivity index (χ0) is 17.1. The third kappa shape index (κ3) is 10.3. The molecule has 6 heteroatoms. The van der Waals surface area contributed by atoms with Crippen molar-refractivity contribution in [1.29, 1.82) is 0 Å². The van der Waals surface area contributed by atoms with E-state index in [-0.39, 0.29) is 0 Å². The van der Waals surface area contributed by atoms with Crippen LogP contribution in [-0.4, -0.2) is 74.2 Å². The summed E-state index contributed by atoms with van der Waals surface area (Å²) in [6.45, 7) is 10.2. The summed E-state index contributed by atoms with van der Waals surface area (Å²) in [5, 5.41) is 0. The van der Waals surface area contributed by atoms with Crippen LogP contribution < -0.4 is 0 Å². The van der Waals surface area contributed by atoms with E-state index >= 15 is 0 Å². The Morgan fingerprint density at radius 1 is 0.818 bits per heavy atom. The van der Waals surface area contributed by atoms with Crippen molar-refractivity contribution < 1.29 is 19.1 Å². The Morgan fingerprint density at radius 3 is 1.41 bits per heavy atom. The Kier molecular flexibility index (Phi) is 10.5. The molecule has 0 aliphatic heterocycles. The zero-order valence-corrected chi connectivity index (χ0v) is 14.7. The topological polar surface area (TPSA) is 59.1 Å². The van der Waals surface area contributed by atoms with Crippen molar-refractivity contribution in [2.45, 2.75) is 39.8 Å². The first kappa shape index (κ1) is 20.6. The van der Waals surface area contributed by atoms with Crippen LogP contribution in [0.1, 0.15) is 27.7 Å². The summed E-state index contributed by atoms with van der Waals surface area (Å²) in [5.41, 5.74) is 0. The van der Waals surface area contributed by atoms with Crippen LogP contribution >= 0.6 is 0 Å². The highest BCUT2D eigenvalue weighted by Gasteiger charge is 2.06. The Hall–Kier alpha value is -1.40.